The van der Waals surface area contributed by atoms with Gasteiger partial charge in [-0.25, -0.2) is 0 Å². The van der Waals surface area contributed by atoms with Crippen molar-refractivity contribution in [3.63, 3.8) is 0 Å². The summed E-state index contributed by atoms with van der Waals surface area (Å²) in [5.41, 5.74) is 0. The van der Waals surface area contributed by atoms with Crippen LogP contribution >= 0.6 is 11.8 Å². The molecule has 0 amide bonds. The molecule has 174 valence electrons. The van der Waals surface area contributed by atoms with E-state index in [0.29, 0.717) is 0 Å². The summed E-state index contributed by atoms with van der Waals surface area (Å²) in [5.74, 6) is 5.80. The summed E-state index contributed by atoms with van der Waals surface area (Å²) in [6.45, 7) is 7.26. The molecule has 0 aromatic heterocycles. The highest BCUT2D eigenvalue weighted by atomic mass is 32.2. The molecule has 0 bridgehead atoms. The van der Waals surface area contributed by atoms with Crippen molar-refractivity contribution < 1.29 is 0 Å². The van der Waals surface area contributed by atoms with E-state index in [1.165, 1.54) is 140 Å². The summed E-state index contributed by atoms with van der Waals surface area (Å²) in [6, 6.07) is 0. The van der Waals surface area contributed by atoms with E-state index in [1.807, 2.05) is 0 Å². The second-order valence-corrected chi connectivity index (χ2v) is 11.5. The number of hydrogen-bond acceptors (Lipinski definition) is 1. The number of rotatable bonds is 20. The van der Waals surface area contributed by atoms with Crippen LogP contribution in [-0.2, 0) is 0 Å². The molecule has 1 aliphatic rings. The lowest BCUT2D eigenvalue weighted by Crippen LogP contribution is -2.20. The molecular weight excluding hydrogens is 368 g/mol. The average molecular weight is 425 g/mol. The first-order chi connectivity index (χ1) is 14.2. The van der Waals surface area contributed by atoms with Crippen molar-refractivity contribution >= 4 is 11.8 Å². The van der Waals surface area contributed by atoms with E-state index in [-0.39, 0.29) is 0 Å². The quantitative estimate of drug-likeness (QED) is 0.175. The van der Waals surface area contributed by atoms with Gasteiger partial charge < -0.3 is 0 Å². The van der Waals surface area contributed by atoms with E-state index >= 15 is 0 Å². The molecule has 0 aromatic carbocycles. The largest absolute Gasteiger partial charge is 0.162 e. The van der Waals surface area contributed by atoms with Gasteiger partial charge in [-0.15, -0.1) is 0 Å². The molecule has 0 nitrogen and oxygen atoms in total. The van der Waals surface area contributed by atoms with Gasteiger partial charge in [0.05, 0.1) is 0 Å². The minimum absolute atomic E-state index is 0.952. The molecule has 0 saturated heterocycles. The van der Waals surface area contributed by atoms with E-state index in [2.05, 4.69) is 32.5 Å². The lowest BCUT2D eigenvalue weighted by atomic mass is 9.78. The third-order valence-corrected chi connectivity index (χ3v) is 8.73. The maximum absolute atomic E-state index is 2.52. The summed E-state index contributed by atoms with van der Waals surface area (Å²) < 4.78 is 0. The van der Waals surface area contributed by atoms with Crippen LogP contribution in [0.25, 0.3) is 0 Å². The van der Waals surface area contributed by atoms with Crippen molar-refractivity contribution in [2.45, 2.75) is 149 Å². The SMILES string of the molecule is CCCCCCCCCCCCCCCCCCSCC(C)C1CCC(C)CC1. The second kappa shape index (κ2) is 20.3. The molecule has 1 unspecified atom stereocenters. The van der Waals surface area contributed by atoms with E-state index < -0.39 is 0 Å². The topological polar surface area (TPSA) is 0 Å². The van der Waals surface area contributed by atoms with Gasteiger partial charge in [0, 0.05) is 0 Å². The van der Waals surface area contributed by atoms with Crippen LogP contribution < -0.4 is 0 Å². The number of hydrogen-bond donors (Lipinski definition) is 0. The Morgan fingerprint density at radius 3 is 1.48 bits per heavy atom. The Hall–Kier alpha value is 0.350. The predicted molar refractivity (Wildman–Crippen MR) is 137 cm³/mol. The third-order valence-electron chi connectivity index (χ3n) is 7.39. The van der Waals surface area contributed by atoms with Crippen LogP contribution in [0.3, 0.4) is 0 Å². The maximum Gasteiger partial charge on any atom is -0.00391 e. The third kappa shape index (κ3) is 16.7. The van der Waals surface area contributed by atoms with Crippen LogP contribution in [0.1, 0.15) is 149 Å². The predicted octanol–water partition coefficient (Wildman–Crippen LogP) is 10.4. The molecule has 29 heavy (non-hydrogen) atoms. The van der Waals surface area contributed by atoms with E-state index in [1.54, 1.807) is 0 Å². The Balaban J connectivity index is 1.72. The van der Waals surface area contributed by atoms with E-state index in [9.17, 15) is 0 Å². The van der Waals surface area contributed by atoms with Crippen molar-refractivity contribution in [2.75, 3.05) is 11.5 Å². The molecule has 1 saturated carbocycles. The lowest BCUT2D eigenvalue weighted by Gasteiger charge is -2.30. The summed E-state index contributed by atoms with van der Waals surface area (Å²) >= 11 is 2.24. The minimum Gasteiger partial charge on any atom is -0.162 e. The molecule has 0 aliphatic heterocycles. The zero-order valence-corrected chi connectivity index (χ0v) is 21.5. The Morgan fingerprint density at radius 2 is 1.03 bits per heavy atom. The summed E-state index contributed by atoms with van der Waals surface area (Å²) in [7, 11) is 0. The molecule has 1 fully saturated rings. The fourth-order valence-electron chi connectivity index (χ4n) is 5.01. The fourth-order valence-corrected chi connectivity index (χ4v) is 6.23. The molecule has 0 spiro atoms. The van der Waals surface area contributed by atoms with Crippen molar-refractivity contribution in [3.05, 3.63) is 0 Å². The molecule has 0 radical (unpaired) electrons. The zero-order valence-electron chi connectivity index (χ0n) is 20.7. The smallest absolute Gasteiger partial charge is 0.00391 e. The van der Waals surface area contributed by atoms with Gasteiger partial charge >= 0.3 is 0 Å². The summed E-state index contributed by atoms with van der Waals surface area (Å²) in [6.07, 6.45) is 29.5. The molecule has 0 aromatic rings. The van der Waals surface area contributed by atoms with Gasteiger partial charge in [0.1, 0.15) is 0 Å². The van der Waals surface area contributed by atoms with Gasteiger partial charge in [-0.3, -0.25) is 0 Å². The molecule has 1 atom stereocenters. The number of thioether (sulfide) groups is 1. The zero-order chi connectivity index (χ0) is 21.0. The average Bonchev–Trinajstić information content (AvgIpc) is 2.73. The molecular formula is C28H56S. The van der Waals surface area contributed by atoms with Crippen molar-refractivity contribution in [3.8, 4) is 0 Å². The van der Waals surface area contributed by atoms with Gasteiger partial charge in [0.15, 0.2) is 0 Å². The highest BCUT2D eigenvalue weighted by Gasteiger charge is 2.22. The maximum atomic E-state index is 2.52. The van der Waals surface area contributed by atoms with Crippen LogP contribution in [0.4, 0.5) is 0 Å². The first-order valence-electron chi connectivity index (χ1n) is 13.8. The first-order valence-corrected chi connectivity index (χ1v) is 15.0. The molecule has 1 aliphatic carbocycles. The summed E-state index contributed by atoms with van der Waals surface area (Å²) in [5, 5.41) is 0. The van der Waals surface area contributed by atoms with Crippen LogP contribution in [-0.4, -0.2) is 11.5 Å². The highest BCUT2D eigenvalue weighted by molar-refractivity contribution is 7.99. The van der Waals surface area contributed by atoms with Gasteiger partial charge in [-0.2, -0.15) is 11.8 Å². The molecule has 1 heteroatoms. The van der Waals surface area contributed by atoms with Gasteiger partial charge in [-0.05, 0) is 48.5 Å². The monoisotopic (exact) mass is 424 g/mol. The Kier molecular flexibility index (Phi) is 19.1. The van der Waals surface area contributed by atoms with E-state index in [0.717, 1.165) is 17.8 Å². The van der Waals surface area contributed by atoms with Crippen molar-refractivity contribution in [1.82, 2.24) is 0 Å². The Labute approximate surface area is 190 Å². The minimum atomic E-state index is 0.952. The standard InChI is InChI=1S/C28H56S/c1-4-5-6-7-8-9-10-11-12-13-14-15-16-17-18-19-24-29-25-27(3)28-22-20-26(2)21-23-28/h26-28H,4-25H2,1-3H3. The molecule has 1 rings (SSSR count). The lowest BCUT2D eigenvalue weighted by molar-refractivity contribution is 0.237. The second-order valence-electron chi connectivity index (χ2n) is 10.4. The van der Waals surface area contributed by atoms with Gasteiger partial charge in [0.2, 0.25) is 0 Å². The molecule has 0 heterocycles. The normalized spacial score (nSPS) is 20.8. The Morgan fingerprint density at radius 1 is 0.621 bits per heavy atom. The fraction of sp³-hybridized carbons (Fsp3) is 1.00. The Bertz CT molecular complexity index is 318. The van der Waals surface area contributed by atoms with Crippen molar-refractivity contribution in [2.24, 2.45) is 17.8 Å². The van der Waals surface area contributed by atoms with Gasteiger partial charge in [-0.1, -0.05) is 130 Å². The van der Waals surface area contributed by atoms with Crippen molar-refractivity contribution in [1.29, 1.82) is 0 Å². The highest BCUT2D eigenvalue weighted by Crippen LogP contribution is 2.34. The van der Waals surface area contributed by atoms with Gasteiger partial charge in [0.25, 0.3) is 0 Å². The molecule has 0 N–H and O–H groups in total. The number of unbranched alkanes of at least 4 members (excludes halogenated alkanes) is 15. The van der Waals surface area contributed by atoms with Crippen LogP contribution in [0.2, 0.25) is 0 Å². The van der Waals surface area contributed by atoms with Crippen LogP contribution in [0, 0.1) is 17.8 Å². The first kappa shape index (κ1) is 27.4. The summed E-state index contributed by atoms with van der Waals surface area (Å²) in [4.78, 5) is 0. The van der Waals surface area contributed by atoms with Crippen LogP contribution in [0.15, 0.2) is 0 Å². The van der Waals surface area contributed by atoms with Crippen LogP contribution in [0.5, 0.6) is 0 Å². The van der Waals surface area contributed by atoms with E-state index in [4.69, 9.17) is 0 Å².